The second kappa shape index (κ2) is 4.24. The standard InChI is InChI=1S/C13H13N5O/c1-18-10-5-3-2-4-9(10)16-12(18)6-11(19)8-7-15-17-13(8)14/h2-5,7H,6H2,1H3,(H3,14,15,17). The number of nitrogens with zero attached hydrogens (tertiary/aromatic N) is 3. The number of rotatable bonds is 3. The molecule has 3 aromatic rings. The normalized spacial score (nSPS) is 11.0. The van der Waals surface area contributed by atoms with E-state index in [-0.39, 0.29) is 12.2 Å². The smallest absolute Gasteiger partial charge is 0.175 e. The quantitative estimate of drug-likeness (QED) is 0.690. The minimum absolute atomic E-state index is 0.0929. The van der Waals surface area contributed by atoms with E-state index in [0.717, 1.165) is 11.0 Å². The van der Waals surface area contributed by atoms with Crippen LogP contribution in [-0.2, 0) is 13.5 Å². The minimum atomic E-state index is -0.0929. The van der Waals surface area contributed by atoms with Gasteiger partial charge in [-0.25, -0.2) is 4.98 Å². The van der Waals surface area contributed by atoms with Gasteiger partial charge >= 0.3 is 0 Å². The molecule has 3 rings (SSSR count). The summed E-state index contributed by atoms with van der Waals surface area (Å²) in [5.41, 5.74) is 7.94. The van der Waals surface area contributed by atoms with Crippen molar-refractivity contribution in [3.63, 3.8) is 0 Å². The number of nitrogens with one attached hydrogen (secondary N) is 1. The number of benzene rings is 1. The highest BCUT2D eigenvalue weighted by Gasteiger charge is 2.16. The molecule has 0 aliphatic carbocycles. The molecule has 0 amide bonds. The van der Waals surface area contributed by atoms with Crippen LogP contribution in [0.15, 0.2) is 30.5 Å². The van der Waals surface area contributed by atoms with E-state index in [1.807, 2.05) is 35.9 Å². The molecule has 6 nitrogen and oxygen atoms in total. The average molecular weight is 255 g/mol. The Balaban J connectivity index is 1.96. The van der Waals surface area contributed by atoms with E-state index in [2.05, 4.69) is 15.2 Å². The van der Waals surface area contributed by atoms with Gasteiger partial charge < -0.3 is 10.3 Å². The number of aryl methyl sites for hydroxylation is 1. The van der Waals surface area contributed by atoms with Crippen LogP contribution in [0.4, 0.5) is 5.82 Å². The van der Waals surface area contributed by atoms with Gasteiger partial charge in [0.2, 0.25) is 0 Å². The number of para-hydroxylation sites is 2. The number of hydrogen-bond donors (Lipinski definition) is 2. The van der Waals surface area contributed by atoms with Gasteiger partial charge in [-0.15, -0.1) is 0 Å². The first-order chi connectivity index (χ1) is 9.16. The summed E-state index contributed by atoms with van der Waals surface area (Å²) >= 11 is 0. The van der Waals surface area contributed by atoms with E-state index in [1.54, 1.807) is 0 Å². The molecule has 0 aliphatic heterocycles. The molecule has 0 saturated carbocycles. The molecule has 3 N–H and O–H groups in total. The summed E-state index contributed by atoms with van der Waals surface area (Å²) in [4.78, 5) is 16.6. The highest BCUT2D eigenvalue weighted by molar-refractivity contribution is 6.01. The van der Waals surface area contributed by atoms with Gasteiger partial charge in [0.1, 0.15) is 11.6 Å². The Morgan fingerprint density at radius 3 is 2.89 bits per heavy atom. The summed E-state index contributed by atoms with van der Waals surface area (Å²) in [6.07, 6.45) is 1.65. The van der Waals surface area contributed by atoms with Crippen LogP contribution in [0.2, 0.25) is 0 Å². The van der Waals surface area contributed by atoms with Crippen molar-refractivity contribution in [1.29, 1.82) is 0 Å². The number of anilines is 1. The van der Waals surface area contributed by atoms with Crippen molar-refractivity contribution < 1.29 is 4.79 Å². The molecule has 2 aromatic heterocycles. The van der Waals surface area contributed by atoms with Crippen molar-refractivity contribution in [2.45, 2.75) is 6.42 Å². The van der Waals surface area contributed by atoms with Gasteiger partial charge in [0.25, 0.3) is 0 Å². The van der Waals surface area contributed by atoms with Crippen LogP contribution < -0.4 is 5.73 Å². The third-order valence-electron chi connectivity index (χ3n) is 3.17. The number of carbonyl (C=O) groups is 1. The predicted molar refractivity (Wildman–Crippen MR) is 71.7 cm³/mol. The molecule has 0 unspecified atom stereocenters. The summed E-state index contributed by atoms with van der Waals surface area (Å²) in [5, 5.41) is 6.31. The van der Waals surface area contributed by atoms with Crippen molar-refractivity contribution in [2.24, 2.45) is 7.05 Å². The number of fused-ring (bicyclic) bond motifs is 1. The maximum atomic E-state index is 12.1. The van der Waals surface area contributed by atoms with Gasteiger partial charge in [-0.3, -0.25) is 9.89 Å². The zero-order valence-electron chi connectivity index (χ0n) is 10.4. The summed E-state index contributed by atoms with van der Waals surface area (Å²) in [5.74, 6) is 0.917. The van der Waals surface area contributed by atoms with E-state index >= 15 is 0 Å². The Hall–Kier alpha value is -2.63. The topological polar surface area (TPSA) is 89.6 Å². The van der Waals surface area contributed by atoms with Gasteiger partial charge in [0.05, 0.1) is 29.2 Å². The Labute approximate surface area is 109 Å². The Bertz CT molecular complexity index is 755. The number of H-pyrrole nitrogens is 1. The van der Waals surface area contributed by atoms with E-state index in [4.69, 9.17) is 5.73 Å². The Morgan fingerprint density at radius 2 is 2.21 bits per heavy atom. The molecule has 0 aliphatic rings. The van der Waals surface area contributed by atoms with Crippen molar-refractivity contribution >= 4 is 22.6 Å². The zero-order chi connectivity index (χ0) is 13.4. The fraction of sp³-hybridized carbons (Fsp3) is 0.154. The fourth-order valence-electron chi connectivity index (χ4n) is 2.11. The molecule has 0 bridgehead atoms. The maximum Gasteiger partial charge on any atom is 0.175 e. The first kappa shape index (κ1) is 11.5. The highest BCUT2D eigenvalue weighted by atomic mass is 16.1. The van der Waals surface area contributed by atoms with Crippen LogP contribution in [0, 0.1) is 0 Å². The molecule has 0 fully saturated rings. The van der Waals surface area contributed by atoms with Crippen molar-refractivity contribution in [1.82, 2.24) is 19.7 Å². The Morgan fingerprint density at radius 1 is 1.42 bits per heavy atom. The van der Waals surface area contributed by atoms with Crippen LogP contribution in [0.5, 0.6) is 0 Å². The van der Waals surface area contributed by atoms with Gasteiger partial charge in [0.15, 0.2) is 5.78 Å². The molecule has 1 aromatic carbocycles. The summed E-state index contributed by atoms with van der Waals surface area (Å²) in [7, 11) is 1.90. The van der Waals surface area contributed by atoms with Gasteiger partial charge in [-0.05, 0) is 12.1 Å². The molecule has 19 heavy (non-hydrogen) atoms. The lowest BCUT2D eigenvalue weighted by molar-refractivity contribution is 0.0991. The number of aromatic nitrogens is 4. The Kier molecular flexibility index (Phi) is 2.56. The van der Waals surface area contributed by atoms with Gasteiger partial charge in [-0.2, -0.15) is 5.10 Å². The van der Waals surface area contributed by atoms with E-state index in [0.29, 0.717) is 17.2 Å². The number of nitrogens with two attached hydrogens (primary N) is 1. The van der Waals surface area contributed by atoms with E-state index in [9.17, 15) is 4.79 Å². The second-order valence-corrected chi connectivity index (χ2v) is 4.37. The van der Waals surface area contributed by atoms with Crippen molar-refractivity contribution in [2.75, 3.05) is 5.73 Å². The zero-order valence-corrected chi connectivity index (χ0v) is 10.4. The lowest BCUT2D eigenvalue weighted by atomic mass is 10.1. The molecule has 96 valence electrons. The first-order valence-corrected chi connectivity index (χ1v) is 5.89. The molecule has 0 radical (unpaired) electrons. The third kappa shape index (κ3) is 1.87. The number of ketones is 1. The number of carbonyl (C=O) groups excluding carboxylic acids is 1. The lowest BCUT2D eigenvalue weighted by Crippen LogP contribution is -2.09. The number of imidazole rings is 1. The van der Waals surface area contributed by atoms with E-state index in [1.165, 1.54) is 6.20 Å². The van der Waals surface area contributed by atoms with E-state index < -0.39 is 0 Å². The highest BCUT2D eigenvalue weighted by Crippen LogP contribution is 2.16. The van der Waals surface area contributed by atoms with Crippen LogP contribution in [0.3, 0.4) is 0 Å². The van der Waals surface area contributed by atoms with Crippen LogP contribution in [0.1, 0.15) is 16.2 Å². The molecular weight excluding hydrogens is 242 g/mol. The fourth-order valence-corrected chi connectivity index (χ4v) is 2.11. The van der Waals surface area contributed by atoms with Gasteiger partial charge in [0, 0.05) is 7.05 Å². The van der Waals surface area contributed by atoms with Crippen molar-refractivity contribution in [3.8, 4) is 0 Å². The second-order valence-electron chi connectivity index (χ2n) is 4.37. The lowest BCUT2D eigenvalue weighted by Gasteiger charge is -2.01. The SMILES string of the molecule is Cn1c(CC(=O)c2cn[nH]c2N)nc2ccccc21. The molecule has 0 spiro atoms. The molecule has 0 atom stereocenters. The number of hydrogen-bond acceptors (Lipinski definition) is 4. The monoisotopic (exact) mass is 255 g/mol. The largest absolute Gasteiger partial charge is 0.383 e. The maximum absolute atomic E-state index is 12.1. The first-order valence-electron chi connectivity index (χ1n) is 5.89. The summed E-state index contributed by atoms with van der Waals surface area (Å²) in [6, 6.07) is 7.77. The number of nitrogen functional groups attached to an aromatic ring is 1. The van der Waals surface area contributed by atoms with Crippen LogP contribution in [-0.4, -0.2) is 25.5 Å². The summed E-state index contributed by atoms with van der Waals surface area (Å²) in [6.45, 7) is 0. The molecule has 0 saturated heterocycles. The minimum Gasteiger partial charge on any atom is -0.383 e. The van der Waals surface area contributed by atoms with Crippen LogP contribution >= 0.6 is 0 Å². The molecule has 6 heteroatoms. The number of aromatic amines is 1. The average Bonchev–Trinajstić information content (AvgIpc) is 2.95. The predicted octanol–water partition coefficient (Wildman–Crippen LogP) is 1.30. The molecular formula is C13H13N5O. The molecule has 2 heterocycles. The van der Waals surface area contributed by atoms with Crippen molar-refractivity contribution in [3.05, 3.63) is 41.9 Å². The summed E-state index contributed by atoms with van der Waals surface area (Å²) < 4.78 is 1.92. The third-order valence-corrected chi connectivity index (χ3v) is 3.17. The van der Waals surface area contributed by atoms with Gasteiger partial charge in [-0.1, -0.05) is 12.1 Å². The number of Topliss-reactive ketones (excluding diaryl/α,β-unsaturated/α-hetero) is 1. The van der Waals surface area contributed by atoms with Crippen LogP contribution in [0.25, 0.3) is 11.0 Å².